The summed E-state index contributed by atoms with van der Waals surface area (Å²) in [7, 11) is 0. The minimum absolute atomic E-state index is 0.0649. The van der Waals surface area contributed by atoms with E-state index >= 15 is 0 Å². The first-order valence-electron chi connectivity index (χ1n) is 5.39. The summed E-state index contributed by atoms with van der Waals surface area (Å²) < 4.78 is 0. The molecule has 0 aliphatic rings. The van der Waals surface area contributed by atoms with Crippen LogP contribution in [0.5, 0.6) is 0 Å². The molecule has 0 fully saturated rings. The Morgan fingerprint density at radius 2 is 2.11 bits per heavy atom. The number of aliphatic hydroxyl groups is 2. The lowest BCUT2D eigenvalue weighted by molar-refractivity contribution is -0.384. The first-order chi connectivity index (χ1) is 8.48. The van der Waals surface area contributed by atoms with Crippen LogP contribution in [0.15, 0.2) is 12.1 Å². The van der Waals surface area contributed by atoms with E-state index in [0.717, 1.165) is 0 Å². The van der Waals surface area contributed by atoms with Crippen LogP contribution in [0, 0.1) is 10.1 Å². The summed E-state index contributed by atoms with van der Waals surface area (Å²) in [6.07, 6.45) is 0.369. The van der Waals surface area contributed by atoms with Crippen molar-refractivity contribution in [2.24, 2.45) is 0 Å². The van der Waals surface area contributed by atoms with Crippen LogP contribution in [-0.2, 0) is 0 Å². The van der Waals surface area contributed by atoms with E-state index in [0.29, 0.717) is 6.42 Å². The van der Waals surface area contributed by atoms with E-state index in [-0.39, 0.29) is 30.5 Å². The molecule has 18 heavy (non-hydrogen) atoms. The van der Waals surface area contributed by atoms with E-state index in [1.54, 1.807) is 6.92 Å². The van der Waals surface area contributed by atoms with Crippen LogP contribution in [0.3, 0.4) is 0 Å². The maximum absolute atomic E-state index is 10.8. The molecule has 0 unspecified atom stereocenters. The van der Waals surface area contributed by atoms with Gasteiger partial charge in [0.1, 0.15) is 5.82 Å². The topological polar surface area (TPSA) is 135 Å². The first-order valence-corrected chi connectivity index (χ1v) is 5.39. The number of nitrogens with zero attached hydrogens (tertiary/aromatic N) is 2. The van der Waals surface area contributed by atoms with Gasteiger partial charge < -0.3 is 21.3 Å². The highest BCUT2D eigenvalue weighted by atomic mass is 16.6. The van der Waals surface area contributed by atoms with Crippen LogP contribution in [0.4, 0.5) is 17.3 Å². The van der Waals surface area contributed by atoms with Gasteiger partial charge in [-0.3, -0.25) is 10.1 Å². The van der Waals surface area contributed by atoms with Gasteiger partial charge in [-0.05, 0) is 12.5 Å². The molecule has 0 atom stereocenters. The molecule has 8 nitrogen and oxygen atoms in total. The second kappa shape index (κ2) is 5.61. The molecule has 0 saturated heterocycles. The molecule has 0 saturated carbocycles. The molecule has 0 spiro atoms. The fourth-order valence-corrected chi connectivity index (χ4v) is 1.40. The van der Waals surface area contributed by atoms with Crippen molar-refractivity contribution < 1.29 is 15.1 Å². The van der Waals surface area contributed by atoms with Crippen molar-refractivity contribution in [1.29, 1.82) is 0 Å². The molecular formula is C10H16N4O4. The van der Waals surface area contributed by atoms with Crippen LogP contribution in [-0.4, -0.2) is 38.9 Å². The van der Waals surface area contributed by atoms with Crippen LogP contribution in [0.25, 0.3) is 0 Å². The monoisotopic (exact) mass is 256 g/mol. The normalized spacial score (nSPS) is 11.3. The molecular weight excluding hydrogens is 240 g/mol. The molecule has 0 bridgehead atoms. The van der Waals surface area contributed by atoms with Gasteiger partial charge in [0.05, 0.1) is 23.7 Å². The molecule has 1 aromatic rings. The molecule has 100 valence electrons. The zero-order valence-electron chi connectivity index (χ0n) is 9.96. The number of aromatic nitrogens is 1. The number of nitro groups is 1. The molecule has 0 amide bonds. The quantitative estimate of drug-likeness (QED) is 0.419. The third-order valence-electron chi connectivity index (χ3n) is 2.76. The van der Waals surface area contributed by atoms with Crippen molar-refractivity contribution in [1.82, 2.24) is 4.98 Å². The van der Waals surface area contributed by atoms with Crippen molar-refractivity contribution in [3.63, 3.8) is 0 Å². The Kier molecular flexibility index (Phi) is 4.40. The highest BCUT2D eigenvalue weighted by Crippen LogP contribution is 2.27. The maximum atomic E-state index is 10.8. The maximum Gasteiger partial charge on any atom is 0.311 e. The fourth-order valence-electron chi connectivity index (χ4n) is 1.40. The molecule has 8 heteroatoms. The molecule has 0 aliphatic heterocycles. The SMILES string of the molecule is CCC(CO)(CO)Nc1nc(N)ccc1[N+](=O)[O-]. The van der Waals surface area contributed by atoms with E-state index < -0.39 is 10.5 Å². The largest absolute Gasteiger partial charge is 0.394 e. The Balaban J connectivity index is 3.16. The molecule has 1 rings (SSSR count). The van der Waals surface area contributed by atoms with E-state index in [4.69, 9.17) is 5.73 Å². The summed E-state index contributed by atoms with van der Waals surface area (Å²) in [5.41, 5.74) is 4.15. The van der Waals surface area contributed by atoms with Gasteiger partial charge in [0.25, 0.3) is 0 Å². The summed E-state index contributed by atoms with van der Waals surface area (Å²) in [6.45, 7) is 0.971. The Bertz CT molecular complexity index is 426. The highest BCUT2D eigenvalue weighted by Gasteiger charge is 2.30. The van der Waals surface area contributed by atoms with Gasteiger partial charge in [0.15, 0.2) is 0 Å². The minimum atomic E-state index is -1.06. The minimum Gasteiger partial charge on any atom is -0.394 e. The summed E-state index contributed by atoms with van der Waals surface area (Å²) in [5.74, 6) is 0.0499. The fraction of sp³-hybridized carbons (Fsp3) is 0.500. The summed E-state index contributed by atoms with van der Waals surface area (Å²) in [4.78, 5) is 14.1. The Labute approximate surface area is 104 Å². The van der Waals surface area contributed by atoms with Crippen molar-refractivity contribution in [2.75, 3.05) is 24.3 Å². The third-order valence-corrected chi connectivity index (χ3v) is 2.76. The second-order valence-electron chi connectivity index (χ2n) is 3.94. The molecule has 0 aliphatic carbocycles. The van der Waals surface area contributed by atoms with Crippen LogP contribution in [0.2, 0.25) is 0 Å². The van der Waals surface area contributed by atoms with Crippen molar-refractivity contribution >= 4 is 17.3 Å². The van der Waals surface area contributed by atoms with E-state index in [1.165, 1.54) is 12.1 Å². The lowest BCUT2D eigenvalue weighted by Gasteiger charge is -2.30. The van der Waals surface area contributed by atoms with Gasteiger partial charge in [-0.2, -0.15) is 0 Å². The average Bonchev–Trinajstić information content (AvgIpc) is 2.36. The van der Waals surface area contributed by atoms with E-state index in [1.807, 2.05) is 0 Å². The Hall–Kier alpha value is -1.93. The Morgan fingerprint density at radius 3 is 2.56 bits per heavy atom. The molecule has 1 heterocycles. The zero-order valence-corrected chi connectivity index (χ0v) is 9.96. The van der Waals surface area contributed by atoms with Crippen molar-refractivity contribution in [3.05, 3.63) is 22.2 Å². The van der Waals surface area contributed by atoms with E-state index in [9.17, 15) is 20.3 Å². The lowest BCUT2D eigenvalue weighted by atomic mass is 9.98. The second-order valence-corrected chi connectivity index (χ2v) is 3.94. The molecule has 0 radical (unpaired) electrons. The third kappa shape index (κ3) is 2.84. The van der Waals surface area contributed by atoms with Gasteiger partial charge in [-0.1, -0.05) is 6.92 Å². The van der Waals surface area contributed by atoms with Gasteiger partial charge >= 0.3 is 5.69 Å². The number of nitrogen functional groups attached to an aromatic ring is 1. The number of hydrogen-bond donors (Lipinski definition) is 4. The summed E-state index contributed by atoms with van der Waals surface area (Å²) in [6, 6.07) is 2.54. The number of anilines is 2. The van der Waals surface area contributed by atoms with Gasteiger partial charge in [-0.15, -0.1) is 0 Å². The van der Waals surface area contributed by atoms with Crippen LogP contribution >= 0.6 is 0 Å². The number of nitrogens with one attached hydrogen (secondary N) is 1. The molecule has 1 aromatic heterocycles. The molecule has 0 aromatic carbocycles. The summed E-state index contributed by atoms with van der Waals surface area (Å²) >= 11 is 0. The summed E-state index contributed by atoms with van der Waals surface area (Å²) in [5, 5.41) is 32.1. The first kappa shape index (κ1) is 14.1. The standard InChI is InChI=1S/C10H16N4O4/c1-2-10(5-15,6-16)13-9-7(14(17)18)3-4-8(11)12-9/h3-4,15-16H,2,5-6H2,1H3,(H3,11,12,13). The lowest BCUT2D eigenvalue weighted by Crippen LogP contribution is -2.45. The average molecular weight is 256 g/mol. The number of pyridine rings is 1. The van der Waals surface area contributed by atoms with Crippen LogP contribution < -0.4 is 11.1 Å². The number of hydrogen-bond acceptors (Lipinski definition) is 7. The predicted octanol–water partition coefficient (Wildman–Crippen LogP) is 0.117. The number of aliphatic hydroxyl groups excluding tert-OH is 2. The van der Waals surface area contributed by atoms with Gasteiger partial charge in [0, 0.05) is 6.07 Å². The van der Waals surface area contributed by atoms with Crippen molar-refractivity contribution in [2.45, 2.75) is 18.9 Å². The van der Waals surface area contributed by atoms with Crippen molar-refractivity contribution in [3.8, 4) is 0 Å². The van der Waals surface area contributed by atoms with E-state index in [2.05, 4.69) is 10.3 Å². The predicted molar refractivity (Wildman–Crippen MR) is 66.1 cm³/mol. The number of rotatable bonds is 6. The smallest absolute Gasteiger partial charge is 0.311 e. The number of nitrogens with two attached hydrogens (primary N) is 1. The van der Waals surface area contributed by atoms with Crippen LogP contribution in [0.1, 0.15) is 13.3 Å². The van der Waals surface area contributed by atoms with Gasteiger partial charge in [-0.25, -0.2) is 4.98 Å². The Morgan fingerprint density at radius 1 is 1.50 bits per heavy atom. The molecule has 5 N–H and O–H groups in total. The van der Waals surface area contributed by atoms with Gasteiger partial charge in [0.2, 0.25) is 5.82 Å². The highest BCUT2D eigenvalue weighted by molar-refractivity contribution is 5.60. The zero-order chi connectivity index (χ0) is 13.8.